The van der Waals surface area contributed by atoms with Crippen LogP contribution in [-0.4, -0.2) is 25.3 Å². The van der Waals surface area contributed by atoms with Crippen molar-refractivity contribution in [1.29, 1.82) is 0 Å². The summed E-state index contributed by atoms with van der Waals surface area (Å²) < 4.78 is 11.8. The molecule has 7 atom stereocenters. The zero-order chi connectivity index (χ0) is 20.8. The fourth-order valence-corrected chi connectivity index (χ4v) is 8.33. The third-order valence-electron chi connectivity index (χ3n) is 9.75. The molecule has 3 saturated carbocycles. The molecule has 0 bridgehead atoms. The van der Waals surface area contributed by atoms with Gasteiger partial charge in [0, 0.05) is 12.3 Å². The molecule has 4 fully saturated rings. The maximum Gasteiger partial charge on any atom is 0.160 e. The Labute approximate surface area is 178 Å². The van der Waals surface area contributed by atoms with Crippen LogP contribution in [0.15, 0.2) is 11.6 Å². The van der Waals surface area contributed by atoms with Gasteiger partial charge in [-0.25, -0.2) is 0 Å². The monoisotopic (exact) mass is 402 g/mol. The SMILES string of the molecule is CC.C[C@H](C1OCCO1)C1CCC2C3CCC4=CC(=O)CCC4(C)C3CCC21C. The summed E-state index contributed by atoms with van der Waals surface area (Å²) in [6.07, 6.45) is 11.8. The molecular formula is C26H42O3. The van der Waals surface area contributed by atoms with Gasteiger partial charge >= 0.3 is 0 Å². The lowest BCUT2D eigenvalue weighted by molar-refractivity contribution is -0.126. The van der Waals surface area contributed by atoms with Crippen LogP contribution in [0.5, 0.6) is 0 Å². The zero-order valence-electron chi connectivity index (χ0n) is 19.3. The van der Waals surface area contributed by atoms with Gasteiger partial charge in [0.15, 0.2) is 12.1 Å². The molecule has 164 valence electrons. The van der Waals surface area contributed by atoms with E-state index in [0.717, 1.165) is 56.1 Å². The van der Waals surface area contributed by atoms with E-state index < -0.39 is 0 Å². The number of carbonyl (C=O) groups excluding carboxylic acids is 1. The van der Waals surface area contributed by atoms with Crippen molar-refractivity contribution < 1.29 is 14.3 Å². The maximum atomic E-state index is 12.0. The van der Waals surface area contributed by atoms with Crippen LogP contribution in [0, 0.1) is 40.4 Å². The van der Waals surface area contributed by atoms with Gasteiger partial charge in [-0.2, -0.15) is 0 Å². The van der Waals surface area contributed by atoms with Crippen LogP contribution >= 0.6 is 0 Å². The van der Waals surface area contributed by atoms with Crippen molar-refractivity contribution >= 4 is 5.78 Å². The number of hydrogen-bond donors (Lipinski definition) is 0. The van der Waals surface area contributed by atoms with Crippen molar-refractivity contribution in [2.75, 3.05) is 13.2 Å². The maximum absolute atomic E-state index is 12.0. The second-order valence-corrected chi connectivity index (χ2v) is 10.7. The van der Waals surface area contributed by atoms with E-state index in [1.807, 2.05) is 19.9 Å². The molecule has 1 aliphatic heterocycles. The second kappa shape index (κ2) is 8.11. The summed E-state index contributed by atoms with van der Waals surface area (Å²) in [5.41, 5.74) is 2.22. The molecule has 3 nitrogen and oxygen atoms in total. The lowest BCUT2D eigenvalue weighted by Crippen LogP contribution is -2.51. The van der Waals surface area contributed by atoms with E-state index in [4.69, 9.17) is 9.47 Å². The van der Waals surface area contributed by atoms with E-state index in [-0.39, 0.29) is 6.29 Å². The number of hydrogen-bond acceptors (Lipinski definition) is 3. The number of carbonyl (C=O) groups is 1. The molecule has 4 aliphatic carbocycles. The fraction of sp³-hybridized carbons (Fsp3) is 0.885. The first-order valence-corrected chi connectivity index (χ1v) is 12.4. The quantitative estimate of drug-likeness (QED) is 0.554. The molecule has 0 aromatic heterocycles. The van der Waals surface area contributed by atoms with E-state index in [0.29, 0.717) is 22.5 Å². The van der Waals surface area contributed by atoms with E-state index in [2.05, 4.69) is 20.8 Å². The van der Waals surface area contributed by atoms with Gasteiger partial charge in [-0.15, -0.1) is 0 Å². The van der Waals surface area contributed by atoms with Gasteiger partial charge in [0.2, 0.25) is 0 Å². The van der Waals surface area contributed by atoms with Crippen molar-refractivity contribution in [2.45, 2.75) is 92.3 Å². The lowest BCUT2D eigenvalue weighted by Gasteiger charge is -2.58. The Morgan fingerprint density at radius 2 is 1.69 bits per heavy atom. The molecule has 5 aliphatic rings. The van der Waals surface area contributed by atoms with Crippen LogP contribution in [-0.2, 0) is 14.3 Å². The number of ketones is 1. The molecule has 6 unspecified atom stereocenters. The average Bonchev–Trinajstić information content (AvgIpc) is 3.37. The first kappa shape index (κ1) is 21.6. The van der Waals surface area contributed by atoms with Crippen LogP contribution < -0.4 is 0 Å². The van der Waals surface area contributed by atoms with Crippen LogP contribution in [0.25, 0.3) is 0 Å². The van der Waals surface area contributed by atoms with Crippen LogP contribution in [0.3, 0.4) is 0 Å². The summed E-state index contributed by atoms with van der Waals surface area (Å²) in [5.74, 6) is 4.08. The Hall–Kier alpha value is -0.670. The van der Waals surface area contributed by atoms with Gasteiger partial charge in [-0.1, -0.05) is 40.2 Å². The molecule has 29 heavy (non-hydrogen) atoms. The van der Waals surface area contributed by atoms with E-state index in [1.165, 1.54) is 37.7 Å². The van der Waals surface area contributed by atoms with E-state index in [1.54, 1.807) is 0 Å². The highest BCUT2D eigenvalue weighted by Gasteiger charge is 2.60. The van der Waals surface area contributed by atoms with Crippen molar-refractivity contribution in [3.63, 3.8) is 0 Å². The second-order valence-electron chi connectivity index (χ2n) is 10.7. The van der Waals surface area contributed by atoms with Crippen LogP contribution in [0.2, 0.25) is 0 Å². The highest BCUT2D eigenvalue weighted by Crippen LogP contribution is 2.67. The van der Waals surface area contributed by atoms with Crippen molar-refractivity contribution in [3.05, 3.63) is 11.6 Å². The van der Waals surface area contributed by atoms with Crippen LogP contribution in [0.1, 0.15) is 86.0 Å². The van der Waals surface area contributed by atoms with Gasteiger partial charge in [0.1, 0.15) is 0 Å². The molecule has 1 heterocycles. The molecule has 5 rings (SSSR count). The van der Waals surface area contributed by atoms with Gasteiger partial charge in [0.25, 0.3) is 0 Å². The fourth-order valence-electron chi connectivity index (χ4n) is 8.33. The molecule has 3 heteroatoms. The number of ether oxygens (including phenoxy) is 2. The Kier molecular flexibility index (Phi) is 6.03. The third kappa shape index (κ3) is 3.35. The minimum Gasteiger partial charge on any atom is -0.350 e. The third-order valence-corrected chi connectivity index (χ3v) is 9.75. The predicted octanol–water partition coefficient (Wildman–Crippen LogP) is 6.17. The number of allylic oxidation sites excluding steroid dienone is 1. The zero-order valence-corrected chi connectivity index (χ0v) is 19.3. The normalized spacial score (nSPS) is 45.4. The molecule has 0 amide bonds. The molecule has 0 aromatic rings. The van der Waals surface area contributed by atoms with Gasteiger partial charge in [-0.3, -0.25) is 4.79 Å². The molecule has 0 aromatic carbocycles. The average molecular weight is 403 g/mol. The lowest BCUT2D eigenvalue weighted by atomic mass is 9.46. The minimum absolute atomic E-state index is 0.0195. The van der Waals surface area contributed by atoms with Gasteiger partial charge in [0.05, 0.1) is 13.2 Å². The van der Waals surface area contributed by atoms with Crippen LogP contribution in [0.4, 0.5) is 0 Å². The molecular weight excluding hydrogens is 360 g/mol. The number of rotatable bonds is 2. The highest BCUT2D eigenvalue weighted by molar-refractivity contribution is 5.91. The smallest absolute Gasteiger partial charge is 0.160 e. The minimum atomic E-state index is 0.0195. The van der Waals surface area contributed by atoms with Gasteiger partial charge < -0.3 is 9.47 Å². The summed E-state index contributed by atoms with van der Waals surface area (Å²) in [6, 6.07) is 0. The van der Waals surface area contributed by atoms with Gasteiger partial charge in [-0.05, 0) is 85.5 Å². The van der Waals surface area contributed by atoms with Crippen molar-refractivity contribution in [3.8, 4) is 0 Å². The van der Waals surface area contributed by atoms with E-state index >= 15 is 0 Å². The molecule has 0 N–H and O–H groups in total. The number of fused-ring (bicyclic) bond motifs is 5. The van der Waals surface area contributed by atoms with Crippen molar-refractivity contribution in [1.82, 2.24) is 0 Å². The first-order chi connectivity index (χ1) is 13.9. The Bertz CT molecular complexity index is 648. The summed E-state index contributed by atoms with van der Waals surface area (Å²) in [4.78, 5) is 12.0. The topological polar surface area (TPSA) is 35.5 Å². The standard InChI is InChI=1S/C24H36O3.C2H6/c1-15(22-26-12-13-27-22)19-6-7-20-18-5-4-16-14-17(25)8-10-23(16,2)21(18)9-11-24(19,20)3;1-2/h14-15,18-22H,4-13H2,1-3H3;1-2H3/t15-,18?,19?,20?,21?,23?,24?;/m0./s1. The Morgan fingerprint density at radius 3 is 2.41 bits per heavy atom. The first-order valence-electron chi connectivity index (χ1n) is 12.4. The molecule has 0 radical (unpaired) electrons. The molecule has 1 saturated heterocycles. The van der Waals surface area contributed by atoms with Crippen molar-refractivity contribution in [2.24, 2.45) is 40.4 Å². The molecule has 0 spiro atoms. The van der Waals surface area contributed by atoms with E-state index in [9.17, 15) is 4.79 Å². The summed E-state index contributed by atoms with van der Waals surface area (Å²) >= 11 is 0. The summed E-state index contributed by atoms with van der Waals surface area (Å²) in [7, 11) is 0. The largest absolute Gasteiger partial charge is 0.350 e. The Balaban J connectivity index is 0.000000994. The Morgan fingerprint density at radius 1 is 0.966 bits per heavy atom. The summed E-state index contributed by atoms with van der Waals surface area (Å²) in [5, 5.41) is 0. The highest BCUT2D eigenvalue weighted by atomic mass is 16.7. The summed E-state index contributed by atoms with van der Waals surface area (Å²) in [6.45, 7) is 13.0. The predicted molar refractivity (Wildman–Crippen MR) is 116 cm³/mol.